The van der Waals surface area contributed by atoms with Crippen LogP contribution in [0.2, 0.25) is 0 Å². The fraction of sp³-hybridized carbons (Fsp3) is 0.167. The van der Waals surface area contributed by atoms with E-state index in [0.29, 0.717) is 28.4 Å². The molecule has 0 aromatic heterocycles. The summed E-state index contributed by atoms with van der Waals surface area (Å²) in [5, 5.41) is 0. The van der Waals surface area contributed by atoms with Crippen molar-refractivity contribution >= 4 is 27.9 Å². The van der Waals surface area contributed by atoms with Crippen LogP contribution in [0, 0.1) is 0 Å². The first-order valence-corrected chi connectivity index (χ1v) is 11.5. The van der Waals surface area contributed by atoms with Gasteiger partial charge in [-0.2, -0.15) is 0 Å². The van der Waals surface area contributed by atoms with Gasteiger partial charge in [0.2, 0.25) is 5.75 Å². The number of para-hydroxylation sites is 1. The molecule has 186 valence electrons. The van der Waals surface area contributed by atoms with Gasteiger partial charge in [-0.25, -0.2) is 8.42 Å². The number of benzene rings is 3. The summed E-state index contributed by atoms with van der Waals surface area (Å²) in [6.07, 6.45) is -1.56. The quantitative estimate of drug-likeness (QED) is 0.379. The van der Waals surface area contributed by atoms with E-state index in [1.165, 1.54) is 33.5 Å². The second-order valence-corrected chi connectivity index (χ2v) is 8.69. The maximum atomic E-state index is 12.9. The molecule has 0 aliphatic carbocycles. The minimum absolute atomic E-state index is 0.221. The van der Waals surface area contributed by atoms with Crippen molar-refractivity contribution in [2.24, 2.45) is 0 Å². The van der Waals surface area contributed by atoms with Crippen molar-refractivity contribution < 1.29 is 40.5 Å². The highest BCUT2D eigenvalue weighted by Crippen LogP contribution is 2.38. The second-order valence-electron chi connectivity index (χ2n) is 7.01. The molecule has 0 atom stereocenters. The van der Waals surface area contributed by atoms with Gasteiger partial charge in [-0.3, -0.25) is 4.72 Å². The monoisotopic (exact) mass is 509 g/mol. The average molecular weight is 510 g/mol. The van der Waals surface area contributed by atoms with Crippen LogP contribution < -0.4 is 23.7 Å². The standard InChI is InChI=1S/C24H22F3NO6S/c1-31-21-13-16(14-22(32-2)23(21)33-3)11-12-17-7-4-5-10-20(17)28-35(29,30)19-9-6-8-18(15-19)34-24(25,26)27/h4-15,28H,1-3H3. The average Bonchev–Trinajstić information content (AvgIpc) is 2.81. The molecule has 0 saturated carbocycles. The highest BCUT2D eigenvalue weighted by Gasteiger charge is 2.31. The molecule has 11 heteroatoms. The first kappa shape index (κ1) is 25.8. The van der Waals surface area contributed by atoms with Crippen LogP contribution in [0.1, 0.15) is 11.1 Å². The Balaban J connectivity index is 1.91. The number of alkyl halides is 3. The predicted octanol–water partition coefficient (Wildman–Crippen LogP) is 5.58. The lowest BCUT2D eigenvalue weighted by atomic mass is 10.1. The summed E-state index contributed by atoms with van der Waals surface area (Å²) in [5.74, 6) is 0.677. The number of hydrogen-bond acceptors (Lipinski definition) is 6. The van der Waals surface area contributed by atoms with Crippen molar-refractivity contribution in [3.8, 4) is 23.0 Å². The molecule has 0 amide bonds. The Labute approximate surface area is 200 Å². The lowest BCUT2D eigenvalue weighted by molar-refractivity contribution is -0.274. The Morgan fingerprint density at radius 2 is 1.49 bits per heavy atom. The summed E-state index contributed by atoms with van der Waals surface area (Å²) >= 11 is 0. The molecule has 7 nitrogen and oxygen atoms in total. The molecule has 0 saturated heterocycles. The number of hydrogen-bond donors (Lipinski definition) is 1. The molecule has 1 N–H and O–H groups in total. The summed E-state index contributed by atoms with van der Waals surface area (Å²) in [5.41, 5.74) is 1.42. The van der Waals surface area contributed by atoms with Crippen LogP contribution in [-0.2, 0) is 10.0 Å². The highest BCUT2D eigenvalue weighted by molar-refractivity contribution is 7.92. The van der Waals surface area contributed by atoms with Gasteiger partial charge in [-0.15, -0.1) is 13.2 Å². The number of sulfonamides is 1. The van der Waals surface area contributed by atoms with E-state index in [2.05, 4.69) is 9.46 Å². The van der Waals surface area contributed by atoms with Crippen molar-refractivity contribution in [2.75, 3.05) is 26.1 Å². The van der Waals surface area contributed by atoms with Crippen LogP contribution in [0.4, 0.5) is 18.9 Å². The van der Waals surface area contributed by atoms with Crippen LogP contribution in [-0.4, -0.2) is 36.1 Å². The van der Waals surface area contributed by atoms with Crippen LogP contribution >= 0.6 is 0 Å². The molecule has 0 aliphatic heterocycles. The van der Waals surface area contributed by atoms with E-state index in [1.807, 2.05) is 0 Å². The van der Waals surface area contributed by atoms with E-state index in [-0.39, 0.29) is 10.6 Å². The van der Waals surface area contributed by atoms with Crippen LogP contribution in [0.5, 0.6) is 23.0 Å². The SMILES string of the molecule is COc1cc(C=Cc2ccccc2NS(=O)(=O)c2cccc(OC(F)(F)F)c2)cc(OC)c1OC. The van der Waals surface area contributed by atoms with Crippen molar-refractivity contribution in [3.05, 3.63) is 71.8 Å². The van der Waals surface area contributed by atoms with Crippen molar-refractivity contribution in [3.63, 3.8) is 0 Å². The number of anilines is 1. The zero-order chi connectivity index (χ0) is 25.6. The maximum absolute atomic E-state index is 12.9. The Bertz CT molecular complexity index is 1300. The topological polar surface area (TPSA) is 83.1 Å². The van der Waals surface area contributed by atoms with Gasteiger partial charge in [0, 0.05) is 6.07 Å². The fourth-order valence-electron chi connectivity index (χ4n) is 3.16. The fourth-order valence-corrected chi connectivity index (χ4v) is 4.28. The molecule has 3 aromatic carbocycles. The lowest BCUT2D eigenvalue weighted by Gasteiger charge is -2.13. The third-order valence-electron chi connectivity index (χ3n) is 4.70. The zero-order valence-corrected chi connectivity index (χ0v) is 19.7. The van der Waals surface area contributed by atoms with E-state index in [4.69, 9.17) is 14.2 Å². The normalized spacial score (nSPS) is 11.8. The number of methoxy groups -OCH3 is 3. The lowest BCUT2D eigenvalue weighted by Crippen LogP contribution is -2.18. The van der Waals surface area contributed by atoms with Gasteiger partial charge < -0.3 is 18.9 Å². The highest BCUT2D eigenvalue weighted by atomic mass is 32.2. The molecule has 0 heterocycles. The predicted molar refractivity (Wildman–Crippen MR) is 125 cm³/mol. The minimum atomic E-state index is -4.94. The van der Waals surface area contributed by atoms with E-state index in [0.717, 1.165) is 18.2 Å². The van der Waals surface area contributed by atoms with Gasteiger partial charge in [0.1, 0.15) is 5.75 Å². The molecule has 0 bridgehead atoms. The Morgan fingerprint density at radius 1 is 0.829 bits per heavy atom. The largest absolute Gasteiger partial charge is 0.573 e. The van der Waals surface area contributed by atoms with Crippen LogP contribution in [0.25, 0.3) is 12.2 Å². The summed E-state index contributed by atoms with van der Waals surface area (Å²) in [4.78, 5) is -0.386. The van der Waals surface area contributed by atoms with Crippen molar-refractivity contribution in [2.45, 2.75) is 11.3 Å². The van der Waals surface area contributed by atoms with Crippen molar-refractivity contribution in [1.29, 1.82) is 0 Å². The number of rotatable bonds is 9. The van der Waals surface area contributed by atoms with Gasteiger partial charge in [0.15, 0.2) is 11.5 Å². The number of nitrogens with one attached hydrogen (secondary N) is 1. The first-order chi connectivity index (χ1) is 16.6. The molecule has 3 rings (SSSR count). The molecule has 0 fully saturated rings. The summed E-state index contributed by atoms with van der Waals surface area (Å²) < 4.78 is 85.5. The maximum Gasteiger partial charge on any atom is 0.573 e. The van der Waals surface area contributed by atoms with E-state index in [9.17, 15) is 21.6 Å². The molecule has 0 aliphatic rings. The minimum Gasteiger partial charge on any atom is -0.493 e. The van der Waals surface area contributed by atoms with Gasteiger partial charge in [0.25, 0.3) is 10.0 Å². The number of halogens is 3. The molecule has 3 aromatic rings. The molecule has 0 radical (unpaired) electrons. The van der Waals surface area contributed by atoms with Crippen LogP contribution in [0.3, 0.4) is 0 Å². The molecular formula is C24H22F3NO6S. The molecule has 35 heavy (non-hydrogen) atoms. The molecule has 0 spiro atoms. The van der Waals surface area contributed by atoms with Gasteiger partial charge in [-0.1, -0.05) is 36.4 Å². The summed E-state index contributed by atoms with van der Waals surface area (Å²) in [6, 6.07) is 14.1. The Hall–Kier alpha value is -3.86. The summed E-state index contributed by atoms with van der Waals surface area (Å²) in [6.45, 7) is 0. The van der Waals surface area contributed by atoms with Crippen molar-refractivity contribution in [1.82, 2.24) is 0 Å². The van der Waals surface area contributed by atoms with E-state index >= 15 is 0 Å². The van der Waals surface area contributed by atoms with Crippen LogP contribution in [0.15, 0.2) is 65.6 Å². The molecule has 0 unspecified atom stereocenters. The van der Waals surface area contributed by atoms with E-state index < -0.39 is 22.1 Å². The third kappa shape index (κ3) is 6.60. The zero-order valence-electron chi connectivity index (χ0n) is 18.9. The van der Waals surface area contributed by atoms with Gasteiger partial charge in [-0.05, 0) is 41.5 Å². The Kier molecular flexibility index (Phi) is 7.80. The smallest absolute Gasteiger partial charge is 0.493 e. The Morgan fingerprint density at radius 3 is 2.09 bits per heavy atom. The number of ether oxygens (including phenoxy) is 4. The first-order valence-electron chi connectivity index (χ1n) is 10.0. The third-order valence-corrected chi connectivity index (χ3v) is 6.06. The van der Waals surface area contributed by atoms with Gasteiger partial charge in [0.05, 0.1) is 31.9 Å². The van der Waals surface area contributed by atoms with E-state index in [1.54, 1.807) is 42.5 Å². The van der Waals surface area contributed by atoms with Gasteiger partial charge >= 0.3 is 6.36 Å². The molecular weight excluding hydrogens is 487 g/mol. The summed E-state index contributed by atoms with van der Waals surface area (Å²) in [7, 11) is 0.254. The second kappa shape index (κ2) is 10.6.